The van der Waals surface area contributed by atoms with Gasteiger partial charge in [-0.15, -0.1) is 0 Å². The van der Waals surface area contributed by atoms with E-state index in [4.69, 9.17) is 4.74 Å². The molecule has 0 unspecified atom stereocenters. The summed E-state index contributed by atoms with van der Waals surface area (Å²) in [7, 11) is 0. The highest BCUT2D eigenvalue weighted by Gasteiger charge is 2.20. The van der Waals surface area contributed by atoms with Crippen molar-refractivity contribution in [2.45, 2.75) is 53.0 Å². The van der Waals surface area contributed by atoms with Gasteiger partial charge in [-0.25, -0.2) is 0 Å². The lowest BCUT2D eigenvalue weighted by Gasteiger charge is -2.32. The van der Waals surface area contributed by atoms with Gasteiger partial charge in [0.1, 0.15) is 0 Å². The van der Waals surface area contributed by atoms with E-state index in [2.05, 4.69) is 36.9 Å². The maximum atomic E-state index is 11.4. The maximum absolute atomic E-state index is 11.4. The van der Waals surface area contributed by atoms with Gasteiger partial charge in [-0.1, -0.05) is 18.2 Å². The van der Waals surface area contributed by atoms with Gasteiger partial charge in [-0.05, 0) is 75.7 Å². The molecular formula is C19H29NO2. The molecule has 3 heteroatoms. The zero-order valence-electron chi connectivity index (χ0n) is 14.2. The van der Waals surface area contributed by atoms with Crippen LogP contribution in [0.1, 0.15) is 49.3 Å². The zero-order valence-corrected chi connectivity index (χ0v) is 14.2. The van der Waals surface area contributed by atoms with E-state index >= 15 is 0 Å². The first-order valence-electron chi connectivity index (χ1n) is 8.52. The van der Waals surface area contributed by atoms with Gasteiger partial charge in [0.2, 0.25) is 0 Å². The number of likely N-dealkylation sites (tertiary alicyclic amines) is 1. The maximum Gasteiger partial charge on any atom is 0.305 e. The van der Waals surface area contributed by atoms with Crippen molar-refractivity contribution in [2.24, 2.45) is 5.92 Å². The van der Waals surface area contributed by atoms with Crippen molar-refractivity contribution in [3.05, 3.63) is 34.9 Å². The molecule has 0 N–H and O–H groups in total. The van der Waals surface area contributed by atoms with Crippen LogP contribution in [0.4, 0.5) is 0 Å². The highest BCUT2D eigenvalue weighted by atomic mass is 16.5. The molecule has 0 amide bonds. The molecule has 0 radical (unpaired) electrons. The summed E-state index contributed by atoms with van der Waals surface area (Å²) in [5.74, 6) is 0.639. The predicted molar refractivity (Wildman–Crippen MR) is 89.8 cm³/mol. The van der Waals surface area contributed by atoms with Crippen LogP contribution in [0.25, 0.3) is 0 Å². The molecule has 1 aromatic rings. The second kappa shape index (κ2) is 8.33. The summed E-state index contributed by atoms with van der Waals surface area (Å²) in [5.41, 5.74) is 4.15. The second-order valence-corrected chi connectivity index (χ2v) is 6.48. The number of carbonyl (C=O) groups excluding carboxylic acids is 1. The van der Waals surface area contributed by atoms with E-state index in [1.807, 2.05) is 6.92 Å². The topological polar surface area (TPSA) is 29.5 Å². The number of carbonyl (C=O) groups is 1. The summed E-state index contributed by atoms with van der Waals surface area (Å²) in [4.78, 5) is 14.0. The number of hydrogen-bond donors (Lipinski definition) is 0. The molecule has 2 rings (SSSR count). The predicted octanol–water partition coefficient (Wildman–Crippen LogP) is 3.86. The molecule has 1 saturated heterocycles. The van der Waals surface area contributed by atoms with Crippen LogP contribution in [0.3, 0.4) is 0 Å². The summed E-state index contributed by atoms with van der Waals surface area (Å²) in [6, 6.07) is 6.77. The molecule has 0 spiro atoms. The second-order valence-electron chi connectivity index (χ2n) is 6.48. The standard InChI is InChI=1S/C19H29NO2/c1-4-22-19(21)8-7-17-9-11-20(12-10-17)14-18-6-5-15(2)16(3)13-18/h5-6,13,17H,4,7-12,14H2,1-3H3. The third-order valence-corrected chi connectivity index (χ3v) is 4.75. The Balaban J connectivity index is 1.72. The fraction of sp³-hybridized carbons (Fsp3) is 0.632. The van der Waals surface area contributed by atoms with E-state index in [-0.39, 0.29) is 5.97 Å². The molecule has 22 heavy (non-hydrogen) atoms. The van der Waals surface area contributed by atoms with Gasteiger partial charge in [0.15, 0.2) is 0 Å². The van der Waals surface area contributed by atoms with E-state index in [0.29, 0.717) is 18.9 Å². The van der Waals surface area contributed by atoms with Crippen LogP contribution >= 0.6 is 0 Å². The van der Waals surface area contributed by atoms with Gasteiger partial charge in [0.05, 0.1) is 6.61 Å². The van der Waals surface area contributed by atoms with Crippen molar-refractivity contribution < 1.29 is 9.53 Å². The van der Waals surface area contributed by atoms with Crippen LogP contribution in [0.2, 0.25) is 0 Å². The molecule has 1 fully saturated rings. The lowest BCUT2D eigenvalue weighted by atomic mass is 9.92. The van der Waals surface area contributed by atoms with Gasteiger partial charge < -0.3 is 4.74 Å². The summed E-state index contributed by atoms with van der Waals surface area (Å²) in [6.07, 6.45) is 3.96. The fourth-order valence-electron chi connectivity index (χ4n) is 3.15. The number of piperidine rings is 1. The Morgan fingerprint density at radius 2 is 1.95 bits per heavy atom. The molecule has 0 atom stereocenters. The SMILES string of the molecule is CCOC(=O)CCC1CCN(Cc2ccc(C)c(C)c2)CC1. The van der Waals surface area contributed by atoms with E-state index in [0.717, 1.165) is 26.1 Å². The first kappa shape index (κ1) is 17.0. The number of ether oxygens (including phenoxy) is 1. The molecule has 122 valence electrons. The van der Waals surface area contributed by atoms with Gasteiger partial charge in [0, 0.05) is 13.0 Å². The number of aryl methyl sites for hydroxylation is 2. The van der Waals surface area contributed by atoms with Gasteiger partial charge in [-0.2, -0.15) is 0 Å². The number of nitrogens with zero attached hydrogens (tertiary/aromatic N) is 1. The Morgan fingerprint density at radius 1 is 1.23 bits per heavy atom. The van der Waals surface area contributed by atoms with Crippen molar-refractivity contribution in [3.8, 4) is 0 Å². The van der Waals surface area contributed by atoms with Crippen LogP contribution < -0.4 is 0 Å². The third kappa shape index (κ3) is 5.13. The Hall–Kier alpha value is -1.35. The molecular weight excluding hydrogens is 274 g/mol. The summed E-state index contributed by atoms with van der Waals surface area (Å²) >= 11 is 0. The minimum Gasteiger partial charge on any atom is -0.466 e. The number of hydrogen-bond acceptors (Lipinski definition) is 3. The van der Waals surface area contributed by atoms with E-state index in [1.54, 1.807) is 0 Å². The Kier molecular flexibility index (Phi) is 6.44. The van der Waals surface area contributed by atoms with E-state index < -0.39 is 0 Å². The molecule has 0 aromatic heterocycles. The normalized spacial score (nSPS) is 16.7. The molecule has 1 aromatic carbocycles. The number of benzene rings is 1. The smallest absolute Gasteiger partial charge is 0.305 e. The molecule has 0 aliphatic carbocycles. The van der Waals surface area contributed by atoms with Crippen molar-refractivity contribution in [1.82, 2.24) is 4.90 Å². The average molecular weight is 303 g/mol. The van der Waals surface area contributed by atoms with Gasteiger partial charge >= 0.3 is 5.97 Å². The molecule has 1 aliphatic heterocycles. The highest BCUT2D eigenvalue weighted by Crippen LogP contribution is 2.23. The molecule has 1 aliphatic rings. The van der Waals surface area contributed by atoms with Crippen LogP contribution in [0.15, 0.2) is 18.2 Å². The summed E-state index contributed by atoms with van der Waals surface area (Å²) in [5, 5.41) is 0. The van der Waals surface area contributed by atoms with E-state index in [1.165, 1.54) is 29.5 Å². The lowest BCUT2D eigenvalue weighted by Crippen LogP contribution is -2.33. The Labute approximate surface area is 134 Å². The van der Waals surface area contributed by atoms with Crippen molar-refractivity contribution in [1.29, 1.82) is 0 Å². The average Bonchev–Trinajstić information content (AvgIpc) is 2.51. The minimum atomic E-state index is -0.0416. The molecule has 0 bridgehead atoms. The Morgan fingerprint density at radius 3 is 2.59 bits per heavy atom. The first-order valence-corrected chi connectivity index (χ1v) is 8.52. The third-order valence-electron chi connectivity index (χ3n) is 4.75. The zero-order chi connectivity index (χ0) is 15.9. The van der Waals surface area contributed by atoms with Crippen molar-refractivity contribution >= 4 is 5.97 Å². The van der Waals surface area contributed by atoms with Gasteiger partial charge in [-0.3, -0.25) is 9.69 Å². The number of esters is 1. The van der Waals surface area contributed by atoms with Crippen molar-refractivity contribution in [2.75, 3.05) is 19.7 Å². The quantitative estimate of drug-likeness (QED) is 0.747. The Bertz CT molecular complexity index is 490. The van der Waals surface area contributed by atoms with Crippen LogP contribution in [-0.4, -0.2) is 30.6 Å². The van der Waals surface area contributed by atoms with E-state index in [9.17, 15) is 4.79 Å². The monoisotopic (exact) mass is 303 g/mol. The number of rotatable bonds is 6. The fourth-order valence-corrected chi connectivity index (χ4v) is 3.15. The minimum absolute atomic E-state index is 0.0416. The molecule has 0 saturated carbocycles. The van der Waals surface area contributed by atoms with Crippen molar-refractivity contribution in [3.63, 3.8) is 0 Å². The summed E-state index contributed by atoms with van der Waals surface area (Å²) < 4.78 is 5.00. The largest absolute Gasteiger partial charge is 0.466 e. The highest BCUT2D eigenvalue weighted by molar-refractivity contribution is 5.69. The van der Waals surface area contributed by atoms with Crippen LogP contribution in [-0.2, 0) is 16.1 Å². The first-order chi connectivity index (χ1) is 10.6. The lowest BCUT2D eigenvalue weighted by molar-refractivity contribution is -0.143. The van der Waals surface area contributed by atoms with Crippen LogP contribution in [0.5, 0.6) is 0 Å². The van der Waals surface area contributed by atoms with Crippen LogP contribution in [0, 0.1) is 19.8 Å². The van der Waals surface area contributed by atoms with Gasteiger partial charge in [0.25, 0.3) is 0 Å². The molecule has 3 nitrogen and oxygen atoms in total. The summed E-state index contributed by atoms with van der Waals surface area (Å²) in [6.45, 7) is 10.0. The molecule has 1 heterocycles.